The van der Waals surface area contributed by atoms with Gasteiger partial charge in [-0.1, -0.05) is 0 Å². The summed E-state index contributed by atoms with van der Waals surface area (Å²) in [6.07, 6.45) is 5.16. The standard InChI is InChI=1S/C16H26N4O4/c21-14(4-3-13-15(22)19-16(23)18-13)17-11-5-7-20(8-6-11)10-12-2-1-9-24-12/h11-13H,1-10H2,(H,17,21)(H2,18,19,22,23). The molecule has 3 aliphatic heterocycles. The van der Waals surface area contributed by atoms with Crippen molar-refractivity contribution in [2.45, 2.75) is 56.7 Å². The summed E-state index contributed by atoms with van der Waals surface area (Å²) in [5, 5.41) is 7.72. The molecule has 0 spiro atoms. The number of piperidine rings is 1. The van der Waals surface area contributed by atoms with Crippen LogP contribution in [0.25, 0.3) is 0 Å². The Bertz CT molecular complexity index is 484. The van der Waals surface area contributed by atoms with Crippen LogP contribution in [0.2, 0.25) is 0 Å². The van der Waals surface area contributed by atoms with E-state index < -0.39 is 12.1 Å². The number of ether oxygens (including phenoxy) is 1. The van der Waals surface area contributed by atoms with E-state index in [0.717, 1.165) is 51.9 Å². The van der Waals surface area contributed by atoms with Crippen LogP contribution in [-0.2, 0) is 14.3 Å². The molecule has 3 saturated heterocycles. The lowest BCUT2D eigenvalue weighted by molar-refractivity contribution is -0.123. The van der Waals surface area contributed by atoms with Gasteiger partial charge in [0.1, 0.15) is 6.04 Å². The number of likely N-dealkylation sites (tertiary alicyclic amines) is 1. The Kier molecular flexibility index (Phi) is 5.68. The second-order valence-corrected chi connectivity index (χ2v) is 6.83. The Morgan fingerprint density at radius 1 is 1.25 bits per heavy atom. The van der Waals surface area contributed by atoms with Crippen molar-refractivity contribution >= 4 is 17.8 Å². The maximum atomic E-state index is 12.0. The fourth-order valence-electron chi connectivity index (χ4n) is 3.57. The van der Waals surface area contributed by atoms with E-state index in [-0.39, 0.29) is 24.3 Å². The molecule has 2 unspecified atom stereocenters. The zero-order valence-corrected chi connectivity index (χ0v) is 13.9. The molecule has 8 nitrogen and oxygen atoms in total. The average molecular weight is 338 g/mol. The summed E-state index contributed by atoms with van der Waals surface area (Å²) in [4.78, 5) is 36.9. The van der Waals surface area contributed by atoms with Crippen molar-refractivity contribution < 1.29 is 19.1 Å². The first-order valence-corrected chi connectivity index (χ1v) is 8.85. The van der Waals surface area contributed by atoms with Gasteiger partial charge in [-0.25, -0.2) is 4.79 Å². The molecule has 0 saturated carbocycles. The van der Waals surface area contributed by atoms with Gasteiger partial charge < -0.3 is 20.3 Å². The summed E-state index contributed by atoms with van der Waals surface area (Å²) in [6.45, 7) is 3.84. The fourth-order valence-corrected chi connectivity index (χ4v) is 3.57. The van der Waals surface area contributed by atoms with Crippen LogP contribution < -0.4 is 16.0 Å². The molecular formula is C16H26N4O4. The van der Waals surface area contributed by atoms with Crippen LogP contribution in [-0.4, -0.2) is 67.2 Å². The quantitative estimate of drug-likeness (QED) is 0.579. The van der Waals surface area contributed by atoms with E-state index in [2.05, 4.69) is 20.9 Å². The largest absolute Gasteiger partial charge is 0.377 e. The highest BCUT2D eigenvalue weighted by Crippen LogP contribution is 2.17. The molecule has 2 atom stereocenters. The van der Waals surface area contributed by atoms with Gasteiger partial charge in [0.15, 0.2) is 0 Å². The Balaban J connectivity index is 1.31. The monoisotopic (exact) mass is 338 g/mol. The highest BCUT2D eigenvalue weighted by molar-refractivity contribution is 6.04. The number of carbonyl (C=O) groups is 3. The van der Waals surface area contributed by atoms with Crippen molar-refractivity contribution in [1.29, 1.82) is 0 Å². The molecule has 0 aliphatic carbocycles. The summed E-state index contributed by atoms with van der Waals surface area (Å²) in [6, 6.07) is -0.870. The van der Waals surface area contributed by atoms with E-state index in [1.165, 1.54) is 0 Å². The fraction of sp³-hybridized carbons (Fsp3) is 0.812. The first-order chi connectivity index (χ1) is 11.6. The van der Waals surface area contributed by atoms with Crippen molar-refractivity contribution in [2.75, 3.05) is 26.2 Å². The van der Waals surface area contributed by atoms with Gasteiger partial charge in [-0.15, -0.1) is 0 Å². The van der Waals surface area contributed by atoms with E-state index in [1.54, 1.807) is 0 Å². The number of rotatable bonds is 6. The van der Waals surface area contributed by atoms with Crippen molar-refractivity contribution in [2.24, 2.45) is 0 Å². The Morgan fingerprint density at radius 2 is 2.04 bits per heavy atom. The molecule has 4 amide bonds. The number of imide groups is 1. The van der Waals surface area contributed by atoms with E-state index >= 15 is 0 Å². The lowest BCUT2D eigenvalue weighted by Gasteiger charge is -2.33. The van der Waals surface area contributed by atoms with Crippen LogP contribution in [0.1, 0.15) is 38.5 Å². The molecule has 0 aromatic carbocycles. The summed E-state index contributed by atoms with van der Waals surface area (Å²) in [5.74, 6) is -0.406. The number of carbonyl (C=O) groups excluding carboxylic acids is 3. The molecule has 0 radical (unpaired) electrons. The van der Waals surface area contributed by atoms with Gasteiger partial charge in [0.05, 0.1) is 6.10 Å². The second kappa shape index (κ2) is 7.94. The number of hydrogen-bond donors (Lipinski definition) is 3. The van der Waals surface area contributed by atoms with Gasteiger partial charge >= 0.3 is 6.03 Å². The predicted octanol–water partition coefficient (Wildman–Crippen LogP) is -0.266. The van der Waals surface area contributed by atoms with Gasteiger partial charge in [0.2, 0.25) is 5.91 Å². The molecule has 3 aliphatic rings. The molecule has 3 rings (SSSR count). The Hall–Kier alpha value is -1.67. The van der Waals surface area contributed by atoms with E-state index in [9.17, 15) is 14.4 Å². The maximum absolute atomic E-state index is 12.0. The van der Waals surface area contributed by atoms with Crippen molar-refractivity contribution in [3.63, 3.8) is 0 Å². The van der Waals surface area contributed by atoms with Crippen LogP contribution in [0.5, 0.6) is 0 Å². The SMILES string of the molecule is O=C(CCC1NC(=O)NC1=O)NC1CCN(CC2CCCO2)CC1. The van der Waals surface area contributed by atoms with Gasteiger partial charge in [-0.2, -0.15) is 0 Å². The van der Waals surface area contributed by atoms with Crippen LogP contribution in [0.3, 0.4) is 0 Å². The molecule has 24 heavy (non-hydrogen) atoms. The van der Waals surface area contributed by atoms with Crippen LogP contribution in [0.4, 0.5) is 4.79 Å². The predicted molar refractivity (Wildman–Crippen MR) is 86.3 cm³/mol. The zero-order chi connectivity index (χ0) is 16.9. The maximum Gasteiger partial charge on any atom is 0.322 e. The molecule has 3 fully saturated rings. The highest BCUT2D eigenvalue weighted by atomic mass is 16.5. The minimum absolute atomic E-state index is 0.0541. The van der Waals surface area contributed by atoms with E-state index in [1.807, 2.05) is 0 Å². The van der Waals surface area contributed by atoms with Gasteiger partial charge in [0.25, 0.3) is 5.91 Å². The smallest absolute Gasteiger partial charge is 0.322 e. The molecule has 134 valence electrons. The lowest BCUT2D eigenvalue weighted by atomic mass is 10.0. The van der Waals surface area contributed by atoms with Gasteiger partial charge in [-0.3, -0.25) is 14.9 Å². The first kappa shape index (κ1) is 17.2. The molecule has 0 aromatic heterocycles. The minimum atomic E-state index is -0.587. The molecule has 8 heteroatoms. The van der Waals surface area contributed by atoms with Crippen LogP contribution in [0, 0.1) is 0 Å². The topological polar surface area (TPSA) is 99.8 Å². The molecule has 0 aromatic rings. The molecule has 3 heterocycles. The minimum Gasteiger partial charge on any atom is -0.377 e. The van der Waals surface area contributed by atoms with Gasteiger partial charge in [-0.05, 0) is 32.1 Å². The van der Waals surface area contributed by atoms with Crippen molar-refractivity contribution in [3.8, 4) is 0 Å². The van der Waals surface area contributed by atoms with Crippen molar-refractivity contribution in [1.82, 2.24) is 20.9 Å². The van der Waals surface area contributed by atoms with Crippen LogP contribution >= 0.6 is 0 Å². The summed E-state index contributed by atoms with van der Waals surface area (Å²) >= 11 is 0. The Morgan fingerprint density at radius 3 is 2.67 bits per heavy atom. The highest BCUT2D eigenvalue weighted by Gasteiger charge is 2.30. The molecule has 0 bridgehead atoms. The Labute approximate surface area is 141 Å². The number of hydrogen-bond acceptors (Lipinski definition) is 5. The average Bonchev–Trinajstić information content (AvgIpc) is 3.17. The summed E-state index contributed by atoms with van der Waals surface area (Å²) in [5.41, 5.74) is 0. The summed E-state index contributed by atoms with van der Waals surface area (Å²) in [7, 11) is 0. The zero-order valence-electron chi connectivity index (χ0n) is 13.9. The second-order valence-electron chi connectivity index (χ2n) is 6.83. The third-order valence-corrected chi connectivity index (χ3v) is 4.96. The van der Waals surface area contributed by atoms with Gasteiger partial charge in [0, 0.05) is 38.7 Å². The molecule has 3 N–H and O–H groups in total. The van der Waals surface area contributed by atoms with E-state index in [0.29, 0.717) is 12.5 Å². The first-order valence-electron chi connectivity index (χ1n) is 8.85. The van der Waals surface area contributed by atoms with E-state index in [4.69, 9.17) is 4.74 Å². The summed E-state index contributed by atoms with van der Waals surface area (Å²) < 4.78 is 5.67. The number of nitrogens with one attached hydrogen (secondary N) is 3. The third-order valence-electron chi connectivity index (χ3n) is 4.96. The number of amides is 4. The molecular weight excluding hydrogens is 312 g/mol. The third kappa shape index (κ3) is 4.67. The van der Waals surface area contributed by atoms with Crippen LogP contribution in [0.15, 0.2) is 0 Å². The normalized spacial score (nSPS) is 28.7. The number of urea groups is 1. The number of nitrogens with zero attached hydrogens (tertiary/aromatic N) is 1. The lowest BCUT2D eigenvalue weighted by Crippen LogP contribution is -2.46. The van der Waals surface area contributed by atoms with Crippen molar-refractivity contribution in [3.05, 3.63) is 0 Å².